The monoisotopic (exact) mass is 399 g/mol. The zero-order valence-electron chi connectivity index (χ0n) is 16.6. The van der Waals surface area contributed by atoms with Crippen LogP contribution in [0.3, 0.4) is 0 Å². The van der Waals surface area contributed by atoms with Crippen LogP contribution in [0.25, 0.3) is 0 Å². The SMILES string of the molecule is COC1CCC(NC(=O)c2c(C)cc(C3COc4ccccc4O3)oc2=O)CC1. The van der Waals surface area contributed by atoms with Crippen molar-refractivity contribution in [2.24, 2.45) is 0 Å². The maximum absolute atomic E-state index is 12.7. The number of carbonyl (C=O) groups is 1. The van der Waals surface area contributed by atoms with Crippen LogP contribution in [0.4, 0.5) is 0 Å². The highest BCUT2D eigenvalue weighted by molar-refractivity contribution is 5.95. The zero-order chi connectivity index (χ0) is 20.4. The Hall–Kier alpha value is -2.80. The maximum Gasteiger partial charge on any atom is 0.349 e. The van der Waals surface area contributed by atoms with Crippen LogP contribution in [0.1, 0.15) is 53.5 Å². The second-order valence-electron chi connectivity index (χ2n) is 7.54. The third kappa shape index (κ3) is 4.15. The van der Waals surface area contributed by atoms with E-state index in [2.05, 4.69) is 5.32 Å². The van der Waals surface area contributed by atoms with Gasteiger partial charge in [-0.25, -0.2) is 4.79 Å². The number of methoxy groups -OCH3 is 1. The first kappa shape index (κ1) is 19.5. The van der Waals surface area contributed by atoms with E-state index in [0.717, 1.165) is 25.7 Å². The Balaban J connectivity index is 1.48. The molecule has 7 nitrogen and oxygen atoms in total. The van der Waals surface area contributed by atoms with Crippen molar-refractivity contribution < 1.29 is 23.4 Å². The molecule has 1 aliphatic heterocycles. The molecule has 1 atom stereocenters. The van der Waals surface area contributed by atoms with Crippen LogP contribution < -0.4 is 20.4 Å². The van der Waals surface area contributed by atoms with Gasteiger partial charge in [0.15, 0.2) is 23.4 Å². The Labute approximate surface area is 169 Å². The Morgan fingerprint density at radius 1 is 1.14 bits per heavy atom. The number of ether oxygens (including phenoxy) is 3. The van der Waals surface area contributed by atoms with Crippen LogP contribution in [-0.2, 0) is 4.74 Å². The van der Waals surface area contributed by atoms with Gasteiger partial charge in [0.25, 0.3) is 5.91 Å². The summed E-state index contributed by atoms with van der Waals surface area (Å²) in [5.41, 5.74) is -0.0629. The van der Waals surface area contributed by atoms with Crippen molar-refractivity contribution in [3.8, 4) is 11.5 Å². The van der Waals surface area contributed by atoms with Gasteiger partial charge in [0, 0.05) is 13.2 Å². The quantitative estimate of drug-likeness (QED) is 0.850. The van der Waals surface area contributed by atoms with Crippen molar-refractivity contribution in [3.63, 3.8) is 0 Å². The Bertz CT molecular complexity index is 945. The van der Waals surface area contributed by atoms with Gasteiger partial charge in [-0.2, -0.15) is 0 Å². The molecule has 7 heteroatoms. The second-order valence-corrected chi connectivity index (χ2v) is 7.54. The van der Waals surface area contributed by atoms with Crippen molar-refractivity contribution >= 4 is 5.91 Å². The lowest BCUT2D eigenvalue weighted by atomic mass is 9.92. The molecule has 1 saturated carbocycles. The standard InChI is InChI=1S/C22H25NO6/c1-13-11-18(19-12-27-16-5-3-4-6-17(16)28-19)29-22(25)20(13)21(24)23-14-7-9-15(26-2)10-8-14/h3-6,11,14-15,19H,7-10,12H2,1-2H3,(H,23,24). The predicted molar refractivity (Wildman–Crippen MR) is 106 cm³/mol. The lowest BCUT2D eigenvalue weighted by Crippen LogP contribution is -2.41. The van der Waals surface area contributed by atoms with Gasteiger partial charge in [-0.05, 0) is 56.4 Å². The topological polar surface area (TPSA) is 87.0 Å². The Morgan fingerprint density at radius 2 is 1.86 bits per heavy atom. The molecule has 1 unspecified atom stereocenters. The van der Waals surface area contributed by atoms with E-state index in [1.165, 1.54) is 0 Å². The average molecular weight is 399 g/mol. The molecule has 0 saturated heterocycles. The van der Waals surface area contributed by atoms with Crippen molar-refractivity contribution in [1.82, 2.24) is 5.32 Å². The van der Waals surface area contributed by atoms with Gasteiger partial charge in [0.2, 0.25) is 0 Å². The minimum Gasteiger partial charge on any atom is -0.485 e. The molecule has 0 spiro atoms. The van der Waals surface area contributed by atoms with E-state index in [0.29, 0.717) is 22.8 Å². The van der Waals surface area contributed by atoms with Gasteiger partial charge in [-0.15, -0.1) is 0 Å². The number of hydrogen-bond acceptors (Lipinski definition) is 6. The Kier molecular flexibility index (Phi) is 5.58. The summed E-state index contributed by atoms with van der Waals surface area (Å²) in [5.74, 6) is 1.20. The van der Waals surface area contributed by atoms with E-state index in [9.17, 15) is 9.59 Å². The summed E-state index contributed by atoms with van der Waals surface area (Å²) in [4.78, 5) is 25.3. The molecule has 1 aromatic heterocycles. The highest BCUT2D eigenvalue weighted by Gasteiger charge is 2.28. The smallest absolute Gasteiger partial charge is 0.349 e. The van der Waals surface area contributed by atoms with Gasteiger partial charge in [0.05, 0.1) is 6.10 Å². The fourth-order valence-corrected chi connectivity index (χ4v) is 3.92. The average Bonchev–Trinajstić information content (AvgIpc) is 2.73. The maximum atomic E-state index is 12.7. The fraction of sp³-hybridized carbons (Fsp3) is 0.455. The third-order valence-electron chi connectivity index (χ3n) is 5.56. The molecule has 1 aliphatic carbocycles. The van der Waals surface area contributed by atoms with E-state index < -0.39 is 17.6 Å². The molecule has 29 heavy (non-hydrogen) atoms. The van der Waals surface area contributed by atoms with Crippen molar-refractivity contribution in [3.05, 3.63) is 57.6 Å². The summed E-state index contributed by atoms with van der Waals surface area (Å²) < 4.78 is 22.4. The molecule has 2 aromatic rings. The Morgan fingerprint density at radius 3 is 2.55 bits per heavy atom. The van der Waals surface area contributed by atoms with Crippen LogP contribution in [-0.4, -0.2) is 31.8 Å². The number of rotatable bonds is 4. The fourth-order valence-electron chi connectivity index (χ4n) is 3.92. The van der Waals surface area contributed by atoms with E-state index in [1.54, 1.807) is 26.2 Å². The number of hydrogen-bond donors (Lipinski definition) is 1. The number of aryl methyl sites for hydroxylation is 1. The third-order valence-corrected chi connectivity index (χ3v) is 5.56. The van der Waals surface area contributed by atoms with Crippen molar-refractivity contribution in [2.45, 2.75) is 50.9 Å². The van der Waals surface area contributed by atoms with Crippen molar-refractivity contribution in [2.75, 3.05) is 13.7 Å². The summed E-state index contributed by atoms with van der Waals surface area (Å²) in [6.45, 7) is 1.96. The van der Waals surface area contributed by atoms with Gasteiger partial charge in [0.1, 0.15) is 12.2 Å². The highest BCUT2D eigenvalue weighted by atomic mass is 16.6. The van der Waals surface area contributed by atoms with Crippen LogP contribution in [0.2, 0.25) is 0 Å². The summed E-state index contributed by atoms with van der Waals surface area (Å²) in [6, 6.07) is 9.05. The molecule has 1 aromatic carbocycles. The number of carbonyl (C=O) groups excluding carboxylic acids is 1. The highest BCUT2D eigenvalue weighted by Crippen LogP contribution is 2.35. The number of amides is 1. The van der Waals surface area contributed by atoms with E-state index in [4.69, 9.17) is 18.6 Å². The number of para-hydroxylation sites is 2. The zero-order valence-corrected chi connectivity index (χ0v) is 16.6. The molecule has 0 radical (unpaired) electrons. The van der Waals surface area contributed by atoms with E-state index in [-0.39, 0.29) is 24.3 Å². The van der Waals surface area contributed by atoms with Crippen LogP contribution in [0.15, 0.2) is 39.5 Å². The van der Waals surface area contributed by atoms with Crippen LogP contribution >= 0.6 is 0 Å². The van der Waals surface area contributed by atoms with E-state index in [1.807, 2.05) is 18.2 Å². The number of nitrogens with one attached hydrogen (secondary N) is 1. The second kappa shape index (κ2) is 8.29. The summed E-state index contributed by atoms with van der Waals surface area (Å²) >= 11 is 0. The lowest BCUT2D eigenvalue weighted by Gasteiger charge is -2.28. The molecule has 4 rings (SSSR count). The molecule has 1 fully saturated rings. The molecule has 1 amide bonds. The predicted octanol–water partition coefficient (Wildman–Crippen LogP) is 3.15. The molecular formula is C22H25NO6. The molecule has 2 heterocycles. The summed E-state index contributed by atoms with van der Waals surface area (Å²) in [7, 11) is 1.71. The van der Waals surface area contributed by atoms with Gasteiger partial charge in [-0.3, -0.25) is 4.79 Å². The molecule has 154 valence electrons. The van der Waals surface area contributed by atoms with Gasteiger partial charge >= 0.3 is 5.63 Å². The molecule has 2 aliphatic rings. The normalized spacial score (nSPS) is 23.4. The molecule has 0 bridgehead atoms. The first-order chi connectivity index (χ1) is 14.0. The summed E-state index contributed by atoms with van der Waals surface area (Å²) in [6.07, 6.45) is 3.16. The first-order valence-electron chi connectivity index (χ1n) is 9.92. The van der Waals surface area contributed by atoms with E-state index >= 15 is 0 Å². The molecular weight excluding hydrogens is 374 g/mol. The minimum atomic E-state index is -0.662. The number of benzene rings is 1. The molecule has 1 N–H and O–H groups in total. The summed E-state index contributed by atoms with van der Waals surface area (Å²) in [5, 5.41) is 2.96. The largest absolute Gasteiger partial charge is 0.485 e. The van der Waals surface area contributed by atoms with Crippen LogP contribution in [0.5, 0.6) is 11.5 Å². The van der Waals surface area contributed by atoms with Gasteiger partial charge < -0.3 is 23.9 Å². The first-order valence-corrected chi connectivity index (χ1v) is 9.92. The lowest BCUT2D eigenvalue weighted by molar-refractivity contribution is 0.0596. The van der Waals surface area contributed by atoms with Crippen molar-refractivity contribution in [1.29, 1.82) is 0 Å². The van der Waals surface area contributed by atoms with Crippen LogP contribution in [0, 0.1) is 6.92 Å². The minimum absolute atomic E-state index is 0.0407. The van der Waals surface area contributed by atoms with Gasteiger partial charge in [-0.1, -0.05) is 12.1 Å². The number of fused-ring (bicyclic) bond motifs is 1.